The molecule has 1 unspecified atom stereocenters. The van der Waals surface area contributed by atoms with Gasteiger partial charge in [-0.25, -0.2) is 0 Å². The van der Waals surface area contributed by atoms with E-state index in [4.69, 9.17) is 15.2 Å². The van der Waals surface area contributed by atoms with E-state index < -0.39 is 5.91 Å². The van der Waals surface area contributed by atoms with Crippen molar-refractivity contribution >= 4 is 24.3 Å². The van der Waals surface area contributed by atoms with E-state index in [9.17, 15) is 9.59 Å². The van der Waals surface area contributed by atoms with Gasteiger partial charge < -0.3 is 20.5 Å². The number of ether oxygens (including phenoxy) is 2. The second kappa shape index (κ2) is 12.8. The maximum atomic E-state index is 11.4. The van der Waals surface area contributed by atoms with E-state index in [1.807, 2.05) is 42.5 Å². The largest absolute Gasteiger partial charge is 0.490 e. The second-order valence-electron chi connectivity index (χ2n) is 6.76. The molecule has 0 aliphatic rings. The summed E-state index contributed by atoms with van der Waals surface area (Å²) in [6.45, 7) is 4.28. The summed E-state index contributed by atoms with van der Waals surface area (Å²) in [5.74, 6) is -0.00594. The Morgan fingerprint density at radius 3 is 2.31 bits per heavy atom. The highest BCUT2D eigenvalue weighted by atomic mass is 35.5. The van der Waals surface area contributed by atoms with Crippen LogP contribution in [0.3, 0.4) is 0 Å². The molecule has 2 aromatic rings. The molecule has 3 N–H and O–H groups in total. The van der Waals surface area contributed by atoms with E-state index >= 15 is 0 Å². The number of hydrogen-bond acceptors (Lipinski definition) is 5. The number of benzene rings is 2. The molecule has 29 heavy (non-hydrogen) atoms. The Kier molecular flexibility index (Phi) is 10.8. The minimum atomic E-state index is -0.421. The molecule has 0 aliphatic carbocycles. The zero-order valence-electron chi connectivity index (χ0n) is 16.8. The van der Waals surface area contributed by atoms with Gasteiger partial charge in [0.15, 0.2) is 0 Å². The first kappa shape index (κ1) is 24.5. The Bertz CT molecular complexity index is 753. The average molecular weight is 421 g/mol. The topological polar surface area (TPSA) is 90.6 Å². The Morgan fingerprint density at radius 1 is 1.07 bits per heavy atom. The molecule has 0 aromatic heterocycles. The zero-order valence-corrected chi connectivity index (χ0v) is 17.6. The van der Waals surface area contributed by atoms with Crippen molar-refractivity contribution < 1.29 is 19.1 Å². The van der Waals surface area contributed by atoms with Crippen LogP contribution in [0.25, 0.3) is 0 Å². The minimum absolute atomic E-state index is 0. The fourth-order valence-corrected chi connectivity index (χ4v) is 2.73. The van der Waals surface area contributed by atoms with E-state index in [1.165, 1.54) is 6.92 Å². The summed E-state index contributed by atoms with van der Waals surface area (Å²) in [6.07, 6.45) is 1.41. The zero-order chi connectivity index (χ0) is 20.4. The molecule has 6 nitrogen and oxygen atoms in total. The molecule has 2 rings (SSSR count). The first-order chi connectivity index (χ1) is 13.4. The highest BCUT2D eigenvalue weighted by molar-refractivity contribution is 5.92. The van der Waals surface area contributed by atoms with Crippen LogP contribution in [0.5, 0.6) is 5.75 Å². The van der Waals surface area contributed by atoms with Gasteiger partial charge in [0.25, 0.3) is 0 Å². The highest BCUT2D eigenvalue weighted by Crippen LogP contribution is 2.10. The van der Waals surface area contributed by atoms with E-state index in [1.54, 1.807) is 12.1 Å². The first-order valence-electron chi connectivity index (χ1n) is 9.41. The van der Waals surface area contributed by atoms with Gasteiger partial charge in [-0.15, -0.1) is 12.4 Å². The SMILES string of the molecule is CC(=O)OC(CN[C@H](C)CCc1ccc(C(N)=O)cc1)COc1ccccc1.Cl. The lowest BCUT2D eigenvalue weighted by Crippen LogP contribution is -2.39. The van der Waals surface area contributed by atoms with Crippen LogP contribution >= 0.6 is 12.4 Å². The van der Waals surface area contributed by atoms with Crippen LogP contribution in [-0.4, -0.2) is 37.2 Å². The Morgan fingerprint density at radius 2 is 1.72 bits per heavy atom. The Balaban J connectivity index is 0.00000420. The summed E-state index contributed by atoms with van der Waals surface area (Å²) in [7, 11) is 0. The predicted octanol–water partition coefficient (Wildman–Crippen LogP) is 3.13. The number of amides is 1. The minimum Gasteiger partial charge on any atom is -0.490 e. The van der Waals surface area contributed by atoms with Gasteiger partial charge in [-0.1, -0.05) is 30.3 Å². The summed E-state index contributed by atoms with van der Waals surface area (Å²) in [5, 5.41) is 3.39. The standard InChI is InChI=1S/C22H28N2O4.ClH/c1-16(8-9-18-10-12-19(13-11-18)22(23)26)24-14-21(28-17(2)25)15-27-20-6-4-3-5-7-20;/h3-7,10-13,16,21,24H,8-9,14-15H2,1-2H3,(H2,23,26);1H/t16-,21?;/m1./s1. The van der Waals surface area contributed by atoms with Crippen LogP contribution < -0.4 is 15.8 Å². The molecule has 158 valence electrons. The van der Waals surface area contributed by atoms with Gasteiger partial charge in [0.2, 0.25) is 5.91 Å². The number of hydrogen-bond donors (Lipinski definition) is 2. The lowest BCUT2D eigenvalue weighted by Gasteiger charge is -2.21. The lowest BCUT2D eigenvalue weighted by atomic mass is 10.0. The van der Waals surface area contributed by atoms with Gasteiger partial charge in [0.1, 0.15) is 18.5 Å². The quantitative estimate of drug-likeness (QED) is 0.545. The fourth-order valence-electron chi connectivity index (χ4n) is 2.73. The molecule has 0 radical (unpaired) electrons. The third kappa shape index (κ3) is 9.45. The van der Waals surface area contributed by atoms with E-state index in [0.717, 1.165) is 24.2 Å². The Labute approximate surface area is 178 Å². The second-order valence-corrected chi connectivity index (χ2v) is 6.76. The first-order valence-corrected chi connectivity index (χ1v) is 9.41. The normalized spacial score (nSPS) is 12.3. The van der Waals surface area contributed by atoms with Crippen LogP contribution in [0.1, 0.15) is 36.2 Å². The predicted molar refractivity (Wildman–Crippen MR) is 115 cm³/mol. The van der Waals surface area contributed by atoms with Crippen molar-refractivity contribution in [2.45, 2.75) is 38.8 Å². The number of nitrogens with one attached hydrogen (secondary N) is 1. The molecule has 0 saturated heterocycles. The van der Waals surface area contributed by atoms with Gasteiger partial charge in [-0.05, 0) is 49.6 Å². The molecule has 7 heteroatoms. The van der Waals surface area contributed by atoms with Crippen molar-refractivity contribution in [1.82, 2.24) is 5.32 Å². The highest BCUT2D eigenvalue weighted by Gasteiger charge is 2.15. The van der Waals surface area contributed by atoms with E-state index in [2.05, 4.69) is 12.2 Å². The van der Waals surface area contributed by atoms with E-state index in [-0.39, 0.29) is 37.1 Å². The molecule has 1 amide bonds. The van der Waals surface area contributed by atoms with Gasteiger partial charge in [0.05, 0.1) is 0 Å². The number of nitrogens with two attached hydrogens (primary N) is 1. The van der Waals surface area contributed by atoms with Crippen molar-refractivity contribution in [3.8, 4) is 5.75 Å². The molecule has 0 heterocycles. The summed E-state index contributed by atoms with van der Waals surface area (Å²) in [5.41, 5.74) is 6.91. The molecular weight excluding hydrogens is 392 g/mol. The van der Waals surface area contributed by atoms with Crippen LogP contribution in [0.2, 0.25) is 0 Å². The van der Waals surface area contributed by atoms with Crippen LogP contribution in [0.15, 0.2) is 54.6 Å². The molecule has 0 bridgehead atoms. The Hall–Kier alpha value is -2.57. The number of carbonyl (C=O) groups is 2. The van der Waals surface area contributed by atoms with Crippen molar-refractivity contribution in [2.24, 2.45) is 5.73 Å². The van der Waals surface area contributed by atoms with Gasteiger partial charge >= 0.3 is 5.97 Å². The van der Waals surface area contributed by atoms with Gasteiger partial charge in [-0.2, -0.15) is 0 Å². The van der Waals surface area contributed by atoms with Crippen molar-refractivity contribution in [2.75, 3.05) is 13.2 Å². The smallest absolute Gasteiger partial charge is 0.303 e. The summed E-state index contributed by atoms with van der Waals surface area (Å²) >= 11 is 0. The monoisotopic (exact) mass is 420 g/mol. The molecule has 2 atom stereocenters. The number of halogens is 1. The number of rotatable bonds is 11. The third-order valence-electron chi connectivity index (χ3n) is 4.31. The lowest BCUT2D eigenvalue weighted by molar-refractivity contribution is -0.147. The molecule has 2 aromatic carbocycles. The number of para-hydroxylation sites is 1. The van der Waals surface area contributed by atoms with Crippen molar-refractivity contribution in [3.63, 3.8) is 0 Å². The molecule has 0 fully saturated rings. The maximum absolute atomic E-state index is 11.4. The van der Waals surface area contributed by atoms with Gasteiger partial charge in [0, 0.05) is 25.1 Å². The number of primary amides is 1. The molecule has 0 spiro atoms. The fraction of sp³-hybridized carbons (Fsp3) is 0.364. The molecular formula is C22H29ClN2O4. The molecule has 0 saturated carbocycles. The summed E-state index contributed by atoms with van der Waals surface area (Å²) in [6, 6.07) is 17.0. The number of aryl methyl sites for hydroxylation is 1. The molecule has 0 aliphatic heterocycles. The third-order valence-corrected chi connectivity index (χ3v) is 4.31. The summed E-state index contributed by atoms with van der Waals surface area (Å²) in [4.78, 5) is 22.5. The van der Waals surface area contributed by atoms with Crippen LogP contribution in [-0.2, 0) is 16.0 Å². The van der Waals surface area contributed by atoms with Crippen LogP contribution in [0, 0.1) is 0 Å². The van der Waals surface area contributed by atoms with Crippen molar-refractivity contribution in [1.29, 1.82) is 0 Å². The van der Waals surface area contributed by atoms with Crippen LogP contribution in [0.4, 0.5) is 0 Å². The number of carbonyl (C=O) groups excluding carboxylic acids is 2. The van der Waals surface area contributed by atoms with Gasteiger partial charge in [-0.3, -0.25) is 9.59 Å². The average Bonchev–Trinajstić information content (AvgIpc) is 2.69. The van der Waals surface area contributed by atoms with E-state index in [0.29, 0.717) is 12.1 Å². The maximum Gasteiger partial charge on any atom is 0.303 e. The summed E-state index contributed by atoms with van der Waals surface area (Å²) < 4.78 is 11.1. The van der Waals surface area contributed by atoms with Crippen molar-refractivity contribution in [3.05, 3.63) is 65.7 Å². The number of esters is 1.